The first-order valence-electron chi connectivity index (χ1n) is 9.42. The molecule has 0 spiro atoms. The molecule has 0 aliphatic heterocycles. The first-order chi connectivity index (χ1) is 12.8. The summed E-state index contributed by atoms with van der Waals surface area (Å²) in [5, 5.41) is 11.2. The number of hydrogen-bond acceptors (Lipinski definition) is 6. The highest BCUT2D eigenvalue weighted by molar-refractivity contribution is 5.96. The van der Waals surface area contributed by atoms with Crippen molar-refractivity contribution < 1.29 is 24.0 Å². The van der Waals surface area contributed by atoms with Gasteiger partial charge in [-0.15, -0.1) is 0 Å². The van der Waals surface area contributed by atoms with E-state index in [4.69, 9.17) is 9.47 Å². The van der Waals surface area contributed by atoms with Gasteiger partial charge in [0.1, 0.15) is 0 Å². The van der Waals surface area contributed by atoms with Crippen molar-refractivity contribution in [2.45, 2.75) is 53.4 Å². The van der Waals surface area contributed by atoms with Crippen molar-refractivity contribution in [2.24, 2.45) is 11.8 Å². The number of rotatable bonds is 11. The largest absolute Gasteiger partial charge is 0.462 e. The van der Waals surface area contributed by atoms with Crippen LogP contribution in [-0.2, 0) is 9.47 Å². The van der Waals surface area contributed by atoms with Gasteiger partial charge in [-0.2, -0.15) is 0 Å². The molecule has 7 heteroatoms. The van der Waals surface area contributed by atoms with E-state index in [0.29, 0.717) is 0 Å². The van der Waals surface area contributed by atoms with Crippen LogP contribution in [0.1, 0.15) is 74.1 Å². The fourth-order valence-corrected chi connectivity index (χ4v) is 2.71. The molecule has 1 rings (SSSR count). The van der Waals surface area contributed by atoms with Gasteiger partial charge in [0, 0.05) is 12.1 Å². The molecule has 0 radical (unpaired) electrons. The van der Waals surface area contributed by atoms with E-state index in [9.17, 15) is 19.7 Å². The summed E-state index contributed by atoms with van der Waals surface area (Å²) in [6.45, 7) is 8.46. The summed E-state index contributed by atoms with van der Waals surface area (Å²) in [5.41, 5.74) is -0.400. The Morgan fingerprint density at radius 2 is 1.33 bits per heavy atom. The van der Waals surface area contributed by atoms with Crippen molar-refractivity contribution in [3.63, 3.8) is 0 Å². The number of nitro groups is 1. The van der Waals surface area contributed by atoms with E-state index in [0.717, 1.165) is 37.8 Å². The third-order valence-corrected chi connectivity index (χ3v) is 4.16. The molecular weight excluding hydrogens is 350 g/mol. The molecule has 0 amide bonds. The van der Waals surface area contributed by atoms with Gasteiger partial charge in [-0.1, -0.05) is 40.5 Å². The minimum atomic E-state index is -0.685. The molecule has 0 bridgehead atoms. The minimum absolute atomic E-state index is 0.0264. The Balaban J connectivity index is 2.91. The Hall–Kier alpha value is -2.44. The van der Waals surface area contributed by atoms with Crippen molar-refractivity contribution in [1.29, 1.82) is 0 Å². The van der Waals surface area contributed by atoms with E-state index in [2.05, 4.69) is 0 Å². The molecule has 0 fully saturated rings. The Kier molecular flexibility index (Phi) is 9.47. The van der Waals surface area contributed by atoms with Gasteiger partial charge >= 0.3 is 11.9 Å². The van der Waals surface area contributed by atoms with Crippen LogP contribution < -0.4 is 0 Å². The van der Waals surface area contributed by atoms with Crippen LogP contribution in [0.3, 0.4) is 0 Å². The molecule has 27 heavy (non-hydrogen) atoms. The van der Waals surface area contributed by atoms with E-state index >= 15 is 0 Å². The van der Waals surface area contributed by atoms with Crippen LogP contribution in [0, 0.1) is 22.0 Å². The SMILES string of the molecule is CCCC(C)COC(=O)c1cc(C(=O)OCC(C)CCC)cc([N+](=O)[O-])c1. The predicted octanol–water partition coefficient (Wildman–Crippen LogP) is 4.78. The lowest BCUT2D eigenvalue weighted by Gasteiger charge is -2.12. The van der Waals surface area contributed by atoms with Crippen LogP contribution in [0.15, 0.2) is 18.2 Å². The molecule has 7 nitrogen and oxygen atoms in total. The van der Waals surface area contributed by atoms with E-state index < -0.39 is 16.9 Å². The molecule has 1 aromatic carbocycles. The summed E-state index contributed by atoms with van der Waals surface area (Å²) in [4.78, 5) is 35.0. The van der Waals surface area contributed by atoms with Gasteiger partial charge in [0.15, 0.2) is 0 Å². The Bertz CT molecular complexity index is 612. The van der Waals surface area contributed by atoms with Crippen molar-refractivity contribution in [3.8, 4) is 0 Å². The maximum absolute atomic E-state index is 12.3. The molecule has 0 saturated heterocycles. The van der Waals surface area contributed by atoms with Gasteiger partial charge in [-0.25, -0.2) is 9.59 Å². The number of hydrogen-bond donors (Lipinski definition) is 0. The second kappa shape index (κ2) is 11.3. The number of ether oxygens (including phenoxy) is 2. The van der Waals surface area contributed by atoms with Crippen LogP contribution >= 0.6 is 0 Å². The van der Waals surface area contributed by atoms with Crippen LogP contribution in [0.4, 0.5) is 5.69 Å². The average molecular weight is 379 g/mol. The van der Waals surface area contributed by atoms with E-state index in [1.807, 2.05) is 27.7 Å². The number of carbonyl (C=O) groups excluding carboxylic acids is 2. The lowest BCUT2D eigenvalue weighted by molar-refractivity contribution is -0.384. The Morgan fingerprint density at radius 3 is 1.67 bits per heavy atom. The molecule has 0 aliphatic rings. The minimum Gasteiger partial charge on any atom is -0.462 e. The molecule has 150 valence electrons. The highest BCUT2D eigenvalue weighted by atomic mass is 16.6. The number of nitrogens with zero attached hydrogens (tertiary/aromatic N) is 1. The predicted molar refractivity (Wildman–Crippen MR) is 102 cm³/mol. The van der Waals surface area contributed by atoms with Gasteiger partial charge in [-0.3, -0.25) is 10.1 Å². The molecule has 1 aromatic rings. The van der Waals surface area contributed by atoms with Crippen molar-refractivity contribution >= 4 is 17.6 Å². The van der Waals surface area contributed by atoms with Crippen LogP contribution in [0.2, 0.25) is 0 Å². The number of esters is 2. The highest BCUT2D eigenvalue weighted by Gasteiger charge is 2.20. The quantitative estimate of drug-likeness (QED) is 0.312. The lowest BCUT2D eigenvalue weighted by atomic mass is 10.1. The highest BCUT2D eigenvalue weighted by Crippen LogP contribution is 2.20. The zero-order valence-corrected chi connectivity index (χ0v) is 16.5. The molecule has 0 heterocycles. The summed E-state index contributed by atoms with van der Waals surface area (Å²) in [6, 6.07) is 3.51. The van der Waals surface area contributed by atoms with Gasteiger partial charge < -0.3 is 9.47 Å². The van der Waals surface area contributed by atoms with E-state index in [1.165, 1.54) is 6.07 Å². The summed E-state index contributed by atoms with van der Waals surface area (Å²) in [5.74, 6) is -0.977. The van der Waals surface area contributed by atoms with Crippen LogP contribution in [0.5, 0.6) is 0 Å². The average Bonchev–Trinajstić information content (AvgIpc) is 2.64. The zero-order valence-electron chi connectivity index (χ0n) is 16.5. The van der Waals surface area contributed by atoms with Gasteiger partial charge in [0.2, 0.25) is 0 Å². The molecular formula is C20H29NO6. The topological polar surface area (TPSA) is 95.7 Å². The van der Waals surface area contributed by atoms with Crippen molar-refractivity contribution in [1.82, 2.24) is 0 Å². The molecule has 0 saturated carbocycles. The lowest BCUT2D eigenvalue weighted by Crippen LogP contribution is -2.15. The normalized spacial score (nSPS) is 12.9. The summed E-state index contributed by atoms with van der Waals surface area (Å²) < 4.78 is 10.5. The Morgan fingerprint density at radius 1 is 0.926 bits per heavy atom. The summed E-state index contributed by atoms with van der Waals surface area (Å²) in [6.07, 6.45) is 3.77. The van der Waals surface area contributed by atoms with E-state index in [1.54, 1.807) is 0 Å². The van der Waals surface area contributed by atoms with Crippen molar-refractivity contribution in [3.05, 3.63) is 39.4 Å². The number of benzene rings is 1. The third kappa shape index (κ3) is 7.76. The standard InChI is InChI=1S/C20H29NO6/c1-5-7-14(3)12-26-19(22)16-9-17(11-18(10-16)21(24)25)20(23)27-13-15(4)8-6-2/h9-11,14-15H,5-8,12-13H2,1-4H3. The van der Waals surface area contributed by atoms with Gasteiger partial charge in [0.05, 0.1) is 29.3 Å². The van der Waals surface area contributed by atoms with Crippen molar-refractivity contribution in [2.75, 3.05) is 13.2 Å². The summed E-state index contributed by atoms with van der Waals surface area (Å²) in [7, 11) is 0. The number of non-ortho nitro benzene ring substituents is 1. The first kappa shape index (κ1) is 22.6. The molecule has 0 aromatic heterocycles. The second-order valence-corrected chi connectivity index (χ2v) is 7.01. The van der Waals surface area contributed by atoms with E-state index in [-0.39, 0.29) is 41.9 Å². The number of carbonyl (C=O) groups is 2. The second-order valence-electron chi connectivity index (χ2n) is 7.01. The third-order valence-electron chi connectivity index (χ3n) is 4.16. The maximum Gasteiger partial charge on any atom is 0.338 e. The van der Waals surface area contributed by atoms with Crippen LogP contribution in [0.25, 0.3) is 0 Å². The summed E-state index contributed by atoms with van der Waals surface area (Å²) >= 11 is 0. The van der Waals surface area contributed by atoms with Crippen LogP contribution in [-0.4, -0.2) is 30.1 Å². The van der Waals surface area contributed by atoms with Gasteiger partial charge in [0.25, 0.3) is 5.69 Å². The smallest absolute Gasteiger partial charge is 0.338 e. The first-order valence-corrected chi connectivity index (χ1v) is 9.42. The molecule has 0 N–H and O–H groups in total. The fourth-order valence-electron chi connectivity index (χ4n) is 2.71. The molecule has 2 unspecified atom stereocenters. The Labute approximate surface area is 160 Å². The van der Waals surface area contributed by atoms with Gasteiger partial charge in [-0.05, 0) is 30.7 Å². The number of nitro benzene ring substituents is 1. The molecule has 0 aliphatic carbocycles. The molecule has 2 atom stereocenters. The monoisotopic (exact) mass is 379 g/mol. The maximum atomic E-state index is 12.3. The zero-order chi connectivity index (χ0) is 20.4. The fraction of sp³-hybridized carbons (Fsp3) is 0.600.